The van der Waals surface area contributed by atoms with Crippen LogP contribution in [0.25, 0.3) is 0 Å². The largest absolute Gasteiger partial charge is 0.368 e. The van der Waals surface area contributed by atoms with Crippen molar-refractivity contribution >= 4 is 17.5 Å². The Bertz CT molecular complexity index is 512. The molecule has 2 heterocycles. The third kappa shape index (κ3) is 6.04. The Hall–Kier alpha value is -1.85. The lowest BCUT2D eigenvalue weighted by atomic mass is 10.1. The Morgan fingerprint density at radius 3 is 2.65 bits per heavy atom. The molecule has 1 saturated heterocycles. The van der Waals surface area contributed by atoms with Crippen LogP contribution in [-0.4, -0.2) is 42.1 Å². The lowest BCUT2D eigenvalue weighted by Crippen LogP contribution is -2.31. The van der Waals surface area contributed by atoms with Gasteiger partial charge in [-0.15, -0.1) is 0 Å². The zero-order valence-electron chi connectivity index (χ0n) is 14.6. The average Bonchev–Trinajstić information content (AvgIpc) is 2.51. The van der Waals surface area contributed by atoms with Crippen molar-refractivity contribution in [1.29, 1.82) is 0 Å². The van der Waals surface area contributed by atoms with Gasteiger partial charge in [0.25, 0.3) is 0 Å². The van der Waals surface area contributed by atoms with E-state index in [1.165, 1.54) is 19.3 Å². The fourth-order valence-electron chi connectivity index (χ4n) is 2.76. The van der Waals surface area contributed by atoms with E-state index in [1.807, 2.05) is 26.8 Å². The SMILES string of the molecule is Cc1nc(NCCNC(=O)CC(C)C)cc(N2CCCCC2)n1. The Morgan fingerprint density at radius 2 is 1.96 bits per heavy atom. The molecule has 0 aliphatic carbocycles. The van der Waals surface area contributed by atoms with Crippen LogP contribution in [0.5, 0.6) is 0 Å². The fraction of sp³-hybridized carbons (Fsp3) is 0.706. The first-order valence-corrected chi connectivity index (χ1v) is 8.66. The molecule has 1 aliphatic heterocycles. The van der Waals surface area contributed by atoms with E-state index < -0.39 is 0 Å². The minimum absolute atomic E-state index is 0.106. The molecule has 1 aromatic rings. The van der Waals surface area contributed by atoms with E-state index in [0.717, 1.165) is 30.5 Å². The average molecular weight is 319 g/mol. The van der Waals surface area contributed by atoms with Crippen molar-refractivity contribution in [1.82, 2.24) is 15.3 Å². The van der Waals surface area contributed by atoms with E-state index in [0.29, 0.717) is 25.4 Å². The number of carbonyl (C=O) groups is 1. The number of nitrogens with one attached hydrogen (secondary N) is 2. The third-order valence-electron chi connectivity index (χ3n) is 3.85. The molecule has 6 nitrogen and oxygen atoms in total. The van der Waals surface area contributed by atoms with Crippen LogP contribution < -0.4 is 15.5 Å². The first kappa shape index (κ1) is 17.5. The minimum Gasteiger partial charge on any atom is -0.368 e. The molecule has 2 N–H and O–H groups in total. The highest BCUT2D eigenvalue weighted by Crippen LogP contribution is 2.20. The minimum atomic E-state index is 0.106. The highest BCUT2D eigenvalue weighted by Gasteiger charge is 2.13. The van der Waals surface area contributed by atoms with Crippen molar-refractivity contribution in [2.24, 2.45) is 5.92 Å². The lowest BCUT2D eigenvalue weighted by molar-refractivity contribution is -0.121. The Kier molecular flexibility index (Phi) is 6.62. The third-order valence-corrected chi connectivity index (χ3v) is 3.85. The molecule has 1 aromatic heterocycles. The molecule has 0 spiro atoms. The van der Waals surface area contributed by atoms with Crippen LogP contribution in [0.15, 0.2) is 6.07 Å². The number of piperidine rings is 1. The number of hydrogen-bond acceptors (Lipinski definition) is 5. The highest BCUT2D eigenvalue weighted by atomic mass is 16.1. The van der Waals surface area contributed by atoms with Gasteiger partial charge in [0.1, 0.15) is 17.5 Å². The number of aromatic nitrogens is 2. The molecule has 0 saturated carbocycles. The topological polar surface area (TPSA) is 70.2 Å². The van der Waals surface area contributed by atoms with Crippen molar-refractivity contribution in [2.75, 3.05) is 36.4 Å². The molecule has 128 valence electrons. The van der Waals surface area contributed by atoms with Gasteiger partial charge in [-0.2, -0.15) is 0 Å². The normalized spacial score (nSPS) is 14.9. The van der Waals surface area contributed by atoms with Gasteiger partial charge in [-0.3, -0.25) is 4.79 Å². The van der Waals surface area contributed by atoms with Crippen LogP contribution in [0.3, 0.4) is 0 Å². The molecule has 1 fully saturated rings. The summed E-state index contributed by atoms with van der Waals surface area (Å²) in [6.07, 6.45) is 4.34. The van der Waals surface area contributed by atoms with Gasteiger partial charge in [0.05, 0.1) is 0 Å². The van der Waals surface area contributed by atoms with Crippen LogP contribution in [0.1, 0.15) is 45.4 Å². The van der Waals surface area contributed by atoms with Gasteiger partial charge in [0, 0.05) is 38.7 Å². The van der Waals surface area contributed by atoms with E-state index in [2.05, 4.69) is 25.5 Å². The van der Waals surface area contributed by atoms with Gasteiger partial charge < -0.3 is 15.5 Å². The molecule has 1 amide bonds. The van der Waals surface area contributed by atoms with Crippen LogP contribution in [0.2, 0.25) is 0 Å². The molecule has 0 unspecified atom stereocenters. The summed E-state index contributed by atoms with van der Waals surface area (Å²) < 4.78 is 0. The van der Waals surface area contributed by atoms with Crippen LogP contribution in [-0.2, 0) is 4.79 Å². The molecule has 0 radical (unpaired) electrons. The maximum absolute atomic E-state index is 11.6. The molecule has 1 aliphatic rings. The summed E-state index contributed by atoms with van der Waals surface area (Å²) >= 11 is 0. The van der Waals surface area contributed by atoms with Crippen molar-refractivity contribution in [3.05, 3.63) is 11.9 Å². The summed E-state index contributed by atoms with van der Waals surface area (Å²) in [6, 6.07) is 2.01. The second kappa shape index (κ2) is 8.70. The number of anilines is 2. The van der Waals surface area contributed by atoms with Gasteiger partial charge in [0.15, 0.2) is 0 Å². The van der Waals surface area contributed by atoms with Gasteiger partial charge >= 0.3 is 0 Å². The van der Waals surface area contributed by atoms with E-state index in [9.17, 15) is 4.79 Å². The van der Waals surface area contributed by atoms with Crippen molar-refractivity contribution < 1.29 is 4.79 Å². The number of hydrogen-bond donors (Lipinski definition) is 2. The first-order valence-electron chi connectivity index (χ1n) is 8.66. The van der Waals surface area contributed by atoms with Crippen molar-refractivity contribution in [3.8, 4) is 0 Å². The fourth-order valence-corrected chi connectivity index (χ4v) is 2.76. The first-order chi connectivity index (χ1) is 11.0. The maximum Gasteiger partial charge on any atom is 0.220 e. The Morgan fingerprint density at radius 1 is 1.22 bits per heavy atom. The highest BCUT2D eigenvalue weighted by molar-refractivity contribution is 5.76. The van der Waals surface area contributed by atoms with Crippen LogP contribution >= 0.6 is 0 Å². The number of aryl methyl sites for hydroxylation is 1. The summed E-state index contributed by atoms with van der Waals surface area (Å²) in [4.78, 5) is 22.9. The summed E-state index contributed by atoms with van der Waals surface area (Å²) in [5.41, 5.74) is 0. The zero-order valence-corrected chi connectivity index (χ0v) is 14.6. The van der Waals surface area contributed by atoms with E-state index >= 15 is 0 Å². The number of amides is 1. The van der Waals surface area contributed by atoms with Gasteiger partial charge in [0.2, 0.25) is 5.91 Å². The summed E-state index contributed by atoms with van der Waals surface area (Å²) in [5.74, 6) is 3.10. The monoisotopic (exact) mass is 319 g/mol. The van der Waals surface area contributed by atoms with Crippen LogP contribution in [0.4, 0.5) is 11.6 Å². The smallest absolute Gasteiger partial charge is 0.220 e. The summed E-state index contributed by atoms with van der Waals surface area (Å²) in [7, 11) is 0. The molecule has 0 aromatic carbocycles. The molecular formula is C17H29N5O. The quantitative estimate of drug-likeness (QED) is 0.755. The van der Waals surface area contributed by atoms with Gasteiger partial charge in [-0.1, -0.05) is 13.8 Å². The molecular weight excluding hydrogens is 290 g/mol. The van der Waals surface area contributed by atoms with E-state index in [-0.39, 0.29) is 5.91 Å². The second-order valence-electron chi connectivity index (χ2n) is 6.58. The number of rotatable bonds is 7. The van der Waals surface area contributed by atoms with Crippen LogP contribution in [0, 0.1) is 12.8 Å². The lowest BCUT2D eigenvalue weighted by Gasteiger charge is -2.28. The summed E-state index contributed by atoms with van der Waals surface area (Å²) in [6.45, 7) is 9.42. The van der Waals surface area contributed by atoms with Gasteiger partial charge in [-0.05, 0) is 32.1 Å². The Balaban J connectivity index is 1.83. The second-order valence-corrected chi connectivity index (χ2v) is 6.58. The van der Waals surface area contributed by atoms with E-state index in [1.54, 1.807) is 0 Å². The predicted octanol–water partition coefficient (Wildman–Crippen LogP) is 2.35. The van der Waals surface area contributed by atoms with Crippen molar-refractivity contribution in [3.63, 3.8) is 0 Å². The molecule has 0 bridgehead atoms. The summed E-state index contributed by atoms with van der Waals surface area (Å²) in [5, 5.41) is 6.20. The molecule has 2 rings (SSSR count). The predicted molar refractivity (Wildman–Crippen MR) is 93.8 cm³/mol. The van der Waals surface area contributed by atoms with E-state index in [4.69, 9.17) is 0 Å². The standard InChI is InChI=1S/C17H29N5O/c1-13(2)11-17(23)19-8-7-18-15-12-16(21-14(3)20-15)22-9-5-4-6-10-22/h12-13H,4-11H2,1-3H3,(H,19,23)(H,18,20,21). The number of nitrogens with zero attached hydrogens (tertiary/aromatic N) is 3. The number of carbonyl (C=O) groups excluding carboxylic acids is 1. The molecule has 23 heavy (non-hydrogen) atoms. The van der Waals surface area contributed by atoms with Crippen molar-refractivity contribution in [2.45, 2.75) is 46.5 Å². The Labute approximate surface area is 139 Å². The molecule has 6 heteroatoms. The zero-order chi connectivity index (χ0) is 16.7. The maximum atomic E-state index is 11.6. The van der Waals surface area contributed by atoms with Gasteiger partial charge in [-0.25, -0.2) is 9.97 Å². The molecule has 0 atom stereocenters.